The Balaban J connectivity index is 1.38. The normalized spacial score (nSPS) is 29.7. The van der Waals surface area contributed by atoms with Crippen molar-refractivity contribution in [2.45, 2.75) is 71.3 Å². The van der Waals surface area contributed by atoms with Gasteiger partial charge in [0.2, 0.25) is 0 Å². The Morgan fingerprint density at radius 3 is 2.34 bits per heavy atom. The minimum absolute atomic E-state index is 0.286. The van der Waals surface area contributed by atoms with Crippen molar-refractivity contribution in [2.24, 2.45) is 28.2 Å². The first-order chi connectivity index (χ1) is 15.4. The maximum atomic E-state index is 11.1. The van der Waals surface area contributed by atoms with Crippen LogP contribution in [0, 0.1) is 23.2 Å². The summed E-state index contributed by atoms with van der Waals surface area (Å²) in [5.41, 5.74) is 1.65. The van der Waals surface area contributed by atoms with Crippen LogP contribution in [0.1, 0.15) is 75.6 Å². The Hall–Kier alpha value is -2.08. The van der Waals surface area contributed by atoms with Gasteiger partial charge in [0.25, 0.3) is 0 Å². The zero-order valence-electron chi connectivity index (χ0n) is 19.6. The number of nitrogens with zero attached hydrogens (tertiary/aromatic N) is 1. The van der Waals surface area contributed by atoms with Crippen molar-refractivity contribution in [3.63, 3.8) is 0 Å². The Kier molecular flexibility index (Phi) is 7.39. The highest BCUT2D eigenvalue weighted by Crippen LogP contribution is 2.61. The summed E-state index contributed by atoms with van der Waals surface area (Å²) in [6, 6.07) is 7.17. The Morgan fingerprint density at radius 2 is 1.78 bits per heavy atom. The molecule has 176 valence electrons. The number of aromatic carboxylic acids is 1. The zero-order chi connectivity index (χ0) is 22.6. The van der Waals surface area contributed by atoms with E-state index in [9.17, 15) is 4.79 Å². The van der Waals surface area contributed by atoms with E-state index in [1.165, 1.54) is 44.9 Å². The molecule has 0 unspecified atom stereocenters. The van der Waals surface area contributed by atoms with Crippen LogP contribution in [0.15, 0.2) is 29.3 Å². The molecular formula is C26H39N3O3. The molecule has 0 heterocycles. The van der Waals surface area contributed by atoms with E-state index < -0.39 is 5.97 Å². The van der Waals surface area contributed by atoms with Crippen molar-refractivity contribution in [3.05, 3.63) is 29.8 Å². The lowest BCUT2D eigenvalue weighted by Crippen LogP contribution is -2.49. The number of hydrogen-bond donors (Lipinski definition) is 3. The molecule has 4 aliphatic rings. The maximum absolute atomic E-state index is 11.1. The van der Waals surface area contributed by atoms with Gasteiger partial charge in [-0.3, -0.25) is 4.99 Å². The Morgan fingerprint density at radius 1 is 1.16 bits per heavy atom. The number of ether oxygens (including phenoxy) is 1. The molecular weight excluding hydrogens is 402 g/mol. The predicted molar refractivity (Wildman–Crippen MR) is 128 cm³/mol. The third-order valence-electron chi connectivity index (χ3n) is 7.60. The number of carboxylic acid groups (broad SMARTS) is 1. The van der Waals surface area contributed by atoms with Crippen LogP contribution in [-0.2, 0) is 4.74 Å². The standard InChI is InChI=1S/C26H39N3O3/c1-3-32-10-4-9-27-25(29-23-7-5-22(6-8-23)24(30)31)28-18(2)14-26-15-19-11-20(16-26)13-21(12-19)17-26/h5-8,18-21H,3-4,9-17H2,1-2H3,(H,30,31)(H2,27,28,29)/t18-,19?,20?,21?,26?/m0/s1. The van der Waals surface area contributed by atoms with Gasteiger partial charge in [-0.25, -0.2) is 4.79 Å². The third kappa shape index (κ3) is 5.83. The van der Waals surface area contributed by atoms with Gasteiger partial charge in [0, 0.05) is 31.5 Å². The first-order valence-electron chi connectivity index (χ1n) is 12.4. The van der Waals surface area contributed by atoms with E-state index in [1.54, 1.807) is 24.3 Å². The number of nitrogens with one attached hydrogen (secondary N) is 2. The molecule has 4 bridgehead atoms. The predicted octanol–water partition coefficient (Wildman–Crippen LogP) is 5.16. The lowest BCUT2D eigenvalue weighted by molar-refractivity contribution is -0.0603. The van der Waals surface area contributed by atoms with Gasteiger partial charge in [0.05, 0.1) is 5.56 Å². The largest absolute Gasteiger partial charge is 0.478 e. The van der Waals surface area contributed by atoms with Crippen molar-refractivity contribution in [3.8, 4) is 0 Å². The summed E-state index contributed by atoms with van der Waals surface area (Å²) in [7, 11) is 0. The summed E-state index contributed by atoms with van der Waals surface area (Å²) >= 11 is 0. The second-order valence-corrected chi connectivity index (χ2v) is 10.5. The SMILES string of the molecule is CCOCCCN=C(Nc1ccc(C(=O)O)cc1)N[C@@H](C)CC12CC3CC(CC(C3)C1)C2. The van der Waals surface area contributed by atoms with E-state index in [0.717, 1.165) is 42.4 Å². The van der Waals surface area contributed by atoms with E-state index in [0.29, 0.717) is 24.6 Å². The first kappa shape index (κ1) is 23.1. The summed E-state index contributed by atoms with van der Waals surface area (Å²) in [5, 5.41) is 16.2. The van der Waals surface area contributed by atoms with E-state index >= 15 is 0 Å². The van der Waals surface area contributed by atoms with Crippen LogP contribution in [-0.4, -0.2) is 42.8 Å². The zero-order valence-corrected chi connectivity index (χ0v) is 19.6. The van der Waals surface area contributed by atoms with Gasteiger partial charge in [-0.2, -0.15) is 0 Å². The molecule has 4 saturated carbocycles. The van der Waals surface area contributed by atoms with Gasteiger partial charge < -0.3 is 20.5 Å². The molecule has 0 aliphatic heterocycles. The fourth-order valence-corrected chi connectivity index (χ4v) is 6.93. The van der Waals surface area contributed by atoms with E-state index in [1.807, 2.05) is 6.92 Å². The summed E-state index contributed by atoms with van der Waals surface area (Å²) in [6.45, 7) is 6.41. The van der Waals surface area contributed by atoms with Crippen LogP contribution in [0.2, 0.25) is 0 Å². The van der Waals surface area contributed by atoms with Crippen molar-refractivity contribution in [2.75, 3.05) is 25.1 Å². The number of benzene rings is 1. The molecule has 0 aromatic heterocycles. The molecule has 6 heteroatoms. The van der Waals surface area contributed by atoms with Crippen molar-refractivity contribution < 1.29 is 14.6 Å². The molecule has 3 N–H and O–H groups in total. The average molecular weight is 442 g/mol. The van der Waals surface area contributed by atoms with Crippen LogP contribution >= 0.6 is 0 Å². The maximum Gasteiger partial charge on any atom is 0.335 e. The van der Waals surface area contributed by atoms with Crippen molar-refractivity contribution in [1.82, 2.24) is 5.32 Å². The molecule has 6 nitrogen and oxygen atoms in total. The van der Waals surface area contributed by atoms with E-state index in [2.05, 4.69) is 17.6 Å². The summed E-state index contributed by atoms with van der Waals surface area (Å²) in [5.74, 6) is 2.74. The quantitative estimate of drug-likeness (QED) is 0.265. The second-order valence-electron chi connectivity index (χ2n) is 10.5. The molecule has 4 aliphatic carbocycles. The molecule has 0 amide bonds. The van der Waals surface area contributed by atoms with Gasteiger partial charge in [-0.05, 0) is 113 Å². The number of anilines is 1. The molecule has 0 radical (unpaired) electrons. The van der Waals surface area contributed by atoms with E-state index in [4.69, 9.17) is 14.8 Å². The number of carbonyl (C=O) groups is 1. The highest BCUT2D eigenvalue weighted by molar-refractivity contribution is 5.94. The van der Waals surface area contributed by atoms with Crippen LogP contribution in [0.3, 0.4) is 0 Å². The average Bonchev–Trinajstić information content (AvgIpc) is 2.72. The van der Waals surface area contributed by atoms with Crippen molar-refractivity contribution >= 4 is 17.6 Å². The van der Waals surface area contributed by atoms with Crippen LogP contribution < -0.4 is 10.6 Å². The minimum Gasteiger partial charge on any atom is -0.478 e. The molecule has 5 rings (SSSR count). The fourth-order valence-electron chi connectivity index (χ4n) is 6.93. The Labute approximate surface area is 192 Å². The van der Waals surface area contributed by atoms with Crippen LogP contribution in [0.4, 0.5) is 5.69 Å². The third-order valence-corrected chi connectivity index (χ3v) is 7.60. The molecule has 1 atom stereocenters. The number of hydrogen-bond acceptors (Lipinski definition) is 3. The lowest BCUT2D eigenvalue weighted by atomic mass is 9.48. The van der Waals surface area contributed by atoms with Gasteiger partial charge in [0.15, 0.2) is 5.96 Å². The highest BCUT2D eigenvalue weighted by atomic mass is 16.5. The topological polar surface area (TPSA) is 83.0 Å². The Bertz CT molecular complexity index is 770. The van der Waals surface area contributed by atoms with Gasteiger partial charge in [0.1, 0.15) is 0 Å². The van der Waals surface area contributed by atoms with Crippen LogP contribution in [0.5, 0.6) is 0 Å². The smallest absolute Gasteiger partial charge is 0.335 e. The molecule has 1 aromatic carbocycles. The van der Waals surface area contributed by atoms with Gasteiger partial charge in [-0.15, -0.1) is 0 Å². The van der Waals surface area contributed by atoms with Crippen LogP contribution in [0.25, 0.3) is 0 Å². The lowest BCUT2D eigenvalue weighted by Gasteiger charge is -2.57. The van der Waals surface area contributed by atoms with Gasteiger partial charge in [-0.1, -0.05) is 0 Å². The van der Waals surface area contributed by atoms with E-state index in [-0.39, 0.29) is 5.56 Å². The molecule has 32 heavy (non-hydrogen) atoms. The molecule has 0 spiro atoms. The van der Waals surface area contributed by atoms with Crippen molar-refractivity contribution in [1.29, 1.82) is 0 Å². The van der Waals surface area contributed by atoms with Gasteiger partial charge >= 0.3 is 5.97 Å². The minimum atomic E-state index is -0.913. The number of rotatable bonds is 10. The summed E-state index contributed by atoms with van der Waals surface area (Å²) in [6.07, 6.45) is 10.7. The number of aliphatic imine (C=N–C) groups is 1. The molecule has 4 fully saturated rings. The number of guanidine groups is 1. The second kappa shape index (κ2) is 10.2. The summed E-state index contributed by atoms with van der Waals surface area (Å²) in [4.78, 5) is 15.9. The molecule has 1 aromatic rings. The monoisotopic (exact) mass is 441 g/mol. The first-order valence-corrected chi connectivity index (χ1v) is 12.4. The fraction of sp³-hybridized carbons (Fsp3) is 0.692. The molecule has 0 saturated heterocycles. The number of carboxylic acids is 1. The summed E-state index contributed by atoms with van der Waals surface area (Å²) < 4.78 is 5.44. The highest BCUT2D eigenvalue weighted by Gasteiger charge is 2.51.